The lowest BCUT2D eigenvalue weighted by molar-refractivity contribution is -0.129. The summed E-state index contributed by atoms with van der Waals surface area (Å²) in [5, 5.41) is 2.62. The second kappa shape index (κ2) is 9.09. The van der Waals surface area contributed by atoms with Gasteiger partial charge < -0.3 is 10.2 Å². The molecule has 0 saturated heterocycles. The summed E-state index contributed by atoms with van der Waals surface area (Å²) in [6.07, 6.45) is 2.18. The zero-order valence-electron chi connectivity index (χ0n) is 15.9. The van der Waals surface area contributed by atoms with Crippen molar-refractivity contribution in [2.24, 2.45) is 0 Å². The molecular weight excluding hydrogens is 356 g/mol. The Hall–Kier alpha value is -2.27. The van der Waals surface area contributed by atoms with Crippen LogP contribution in [-0.2, 0) is 17.1 Å². The standard InChI is InChI=1S/C22H26N2O2S/c1-16-3-5-18(6-4-16)14-27-15-21(25)24(20-11-12-20)13-17-7-9-19(10-8-17)22(26)23-2/h3-10,20H,11-15H2,1-2H3,(H,23,26). The molecule has 0 bridgehead atoms. The summed E-state index contributed by atoms with van der Waals surface area (Å²) in [4.78, 5) is 26.4. The minimum atomic E-state index is -0.0934. The van der Waals surface area contributed by atoms with Crippen molar-refractivity contribution in [3.8, 4) is 0 Å². The van der Waals surface area contributed by atoms with E-state index in [-0.39, 0.29) is 11.8 Å². The Morgan fingerprint density at radius 1 is 1.04 bits per heavy atom. The van der Waals surface area contributed by atoms with Crippen molar-refractivity contribution in [3.05, 3.63) is 70.8 Å². The predicted molar refractivity (Wildman–Crippen MR) is 111 cm³/mol. The van der Waals surface area contributed by atoms with Crippen LogP contribution in [0.15, 0.2) is 48.5 Å². The third kappa shape index (κ3) is 5.60. The number of hydrogen-bond donors (Lipinski definition) is 1. The Morgan fingerprint density at radius 3 is 2.26 bits per heavy atom. The van der Waals surface area contributed by atoms with E-state index < -0.39 is 0 Å². The van der Waals surface area contributed by atoms with Gasteiger partial charge in [0, 0.05) is 31.0 Å². The van der Waals surface area contributed by atoms with Crippen LogP contribution >= 0.6 is 11.8 Å². The lowest BCUT2D eigenvalue weighted by Crippen LogP contribution is -2.34. The number of nitrogens with zero attached hydrogens (tertiary/aromatic N) is 1. The molecule has 0 radical (unpaired) electrons. The molecule has 5 heteroatoms. The fourth-order valence-electron chi connectivity index (χ4n) is 2.93. The fraction of sp³-hybridized carbons (Fsp3) is 0.364. The topological polar surface area (TPSA) is 49.4 Å². The van der Waals surface area contributed by atoms with Crippen molar-refractivity contribution in [3.63, 3.8) is 0 Å². The normalized spacial score (nSPS) is 13.3. The molecule has 1 aliphatic rings. The smallest absolute Gasteiger partial charge is 0.251 e. The largest absolute Gasteiger partial charge is 0.355 e. The number of hydrogen-bond acceptors (Lipinski definition) is 3. The molecule has 0 aliphatic heterocycles. The maximum atomic E-state index is 12.7. The Labute approximate surface area is 165 Å². The molecule has 0 atom stereocenters. The highest BCUT2D eigenvalue weighted by atomic mass is 32.2. The van der Waals surface area contributed by atoms with Gasteiger partial charge in [-0.1, -0.05) is 42.0 Å². The van der Waals surface area contributed by atoms with Crippen molar-refractivity contribution in [1.82, 2.24) is 10.2 Å². The quantitative estimate of drug-likeness (QED) is 0.756. The number of thioether (sulfide) groups is 1. The molecule has 2 aromatic rings. The Balaban J connectivity index is 1.54. The molecule has 142 valence electrons. The second-order valence-electron chi connectivity index (χ2n) is 7.01. The zero-order chi connectivity index (χ0) is 19.2. The minimum Gasteiger partial charge on any atom is -0.355 e. The molecule has 0 heterocycles. The van der Waals surface area contributed by atoms with Crippen LogP contribution in [0.25, 0.3) is 0 Å². The molecule has 0 unspecified atom stereocenters. The van der Waals surface area contributed by atoms with Gasteiger partial charge in [-0.15, -0.1) is 11.8 Å². The lowest BCUT2D eigenvalue weighted by atomic mass is 10.1. The summed E-state index contributed by atoms with van der Waals surface area (Å²) in [5.41, 5.74) is 4.20. The average molecular weight is 383 g/mol. The van der Waals surface area contributed by atoms with Crippen molar-refractivity contribution in [2.45, 2.75) is 38.1 Å². The summed E-state index contributed by atoms with van der Waals surface area (Å²) in [6.45, 7) is 2.69. The van der Waals surface area contributed by atoms with E-state index in [1.165, 1.54) is 11.1 Å². The summed E-state index contributed by atoms with van der Waals surface area (Å²) < 4.78 is 0. The van der Waals surface area contributed by atoms with Gasteiger partial charge in [0.1, 0.15) is 0 Å². The van der Waals surface area contributed by atoms with Gasteiger partial charge >= 0.3 is 0 Å². The first-order chi connectivity index (χ1) is 13.1. The molecule has 4 nitrogen and oxygen atoms in total. The Kier molecular flexibility index (Phi) is 6.56. The van der Waals surface area contributed by atoms with Crippen molar-refractivity contribution >= 4 is 23.6 Å². The van der Waals surface area contributed by atoms with Crippen LogP contribution in [0.3, 0.4) is 0 Å². The van der Waals surface area contributed by atoms with E-state index in [2.05, 4.69) is 36.5 Å². The first-order valence-corrected chi connectivity index (χ1v) is 10.5. The van der Waals surface area contributed by atoms with Gasteiger partial charge in [0.25, 0.3) is 5.91 Å². The second-order valence-corrected chi connectivity index (χ2v) is 7.99. The van der Waals surface area contributed by atoms with Crippen LogP contribution in [0.1, 0.15) is 39.9 Å². The third-order valence-corrected chi connectivity index (χ3v) is 5.71. The van der Waals surface area contributed by atoms with Gasteiger partial charge in [-0.25, -0.2) is 0 Å². The van der Waals surface area contributed by atoms with Gasteiger partial charge in [-0.2, -0.15) is 0 Å². The SMILES string of the molecule is CNC(=O)c1ccc(CN(C(=O)CSCc2ccc(C)cc2)C2CC2)cc1. The molecule has 1 N–H and O–H groups in total. The molecule has 3 rings (SSSR count). The molecule has 27 heavy (non-hydrogen) atoms. The van der Waals surface area contributed by atoms with Crippen LogP contribution in [0.4, 0.5) is 0 Å². The third-order valence-electron chi connectivity index (χ3n) is 4.72. The van der Waals surface area contributed by atoms with E-state index >= 15 is 0 Å². The average Bonchev–Trinajstić information content (AvgIpc) is 3.52. The van der Waals surface area contributed by atoms with E-state index in [9.17, 15) is 9.59 Å². The van der Waals surface area contributed by atoms with Crippen LogP contribution in [0.5, 0.6) is 0 Å². The van der Waals surface area contributed by atoms with Gasteiger partial charge in [-0.05, 0) is 43.0 Å². The number of benzene rings is 2. The molecule has 1 saturated carbocycles. The van der Waals surface area contributed by atoms with E-state index in [1.807, 2.05) is 29.2 Å². The summed E-state index contributed by atoms with van der Waals surface area (Å²) in [7, 11) is 1.62. The van der Waals surface area contributed by atoms with E-state index in [0.29, 0.717) is 23.9 Å². The highest BCUT2D eigenvalue weighted by molar-refractivity contribution is 7.99. The van der Waals surface area contributed by atoms with Crippen LogP contribution in [0.2, 0.25) is 0 Å². The van der Waals surface area contributed by atoms with Crippen LogP contribution in [0, 0.1) is 6.92 Å². The predicted octanol–water partition coefficient (Wildman–Crippen LogP) is 3.78. The number of amides is 2. The van der Waals surface area contributed by atoms with Crippen molar-refractivity contribution < 1.29 is 9.59 Å². The number of rotatable bonds is 8. The van der Waals surface area contributed by atoms with E-state index in [0.717, 1.165) is 24.2 Å². The molecule has 0 aromatic heterocycles. The van der Waals surface area contributed by atoms with Gasteiger partial charge in [-0.3, -0.25) is 9.59 Å². The minimum absolute atomic E-state index is 0.0934. The van der Waals surface area contributed by atoms with Crippen LogP contribution < -0.4 is 5.32 Å². The fourth-order valence-corrected chi connectivity index (χ4v) is 3.80. The maximum absolute atomic E-state index is 12.7. The number of carbonyl (C=O) groups is 2. The molecule has 0 spiro atoms. The summed E-state index contributed by atoms with van der Waals surface area (Å²) in [6, 6.07) is 16.3. The number of nitrogens with one attached hydrogen (secondary N) is 1. The van der Waals surface area contributed by atoms with E-state index in [1.54, 1.807) is 18.8 Å². The van der Waals surface area contributed by atoms with Gasteiger partial charge in [0.05, 0.1) is 5.75 Å². The van der Waals surface area contributed by atoms with Crippen molar-refractivity contribution in [2.75, 3.05) is 12.8 Å². The Morgan fingerprint density at radius 2 is 1.67 bits per heavy atom. The summed E-state index contributed by atoms with van der Waals surface area (Å²) >= 11 is 1.67. The zero-order valence-corrected chi connectivity index (χ0v) is 16.7. The first-order valence-electron chi connectivity index (χ1n) is 9.30. The number of carbonyl (C=O) groups excluding carboxylic acids is 2. The van der Waals surface area contributed by atoms with E-state index in [4.69, 9.17) is 0 Å². The Bertz CT molecular complexity index is 783. The number of aryl methyl sites for hydroxylation is 1. The molecule has 1 aliphatic carbocycles. The van der Waals surface area contributed by atoms with Gasteiger partial charge in [0.2, 0.25) is 5.91 Å². The van der Waals surface area contributed by atoms with Crippen molar-refractivity contribution in [1.29, 1.82) is 0 Å². The van der Waals surface area contributed by atoms with Gasteiger partial charge in [0.15, 0.2) is 0 Å². The highest BCUT2D eigenvalue weighted by Crippen LogP contribution is 2.29. The molecule has 2 aromatic carbocycles. The lowest BCUT2D eigenvalue weighted by Gasteiger charge is -2.22. The monoisotopic (exact) mass is 382 g/mol. The first kappa shape index (κ1) is 19.5. The van der Waals surface area contributed by atoms with Crippen LogP contribution in [-0.4, -0.2) is 35.6 Å². The summed E-state index contributed by atoms with van der Waals surface area (Å²) in [5.74, 6) is 1.46. The maximum Gasteiger partial charge on any atom is 0.251 e. The molecule has 1 fully saturated rings. The molecular formula is C22H26N2O2S. The highest BCUT2D eigenvalue weighted by Gasteiger charge is 2.32. The molecule has 2 amide bonds.